The Bertz CT molecular complexity index is 237. The highest BCUT2D eigenvalue weighted by Gasteiger charge is 1.90. The number of carbonyl (C=O) groups is 1. The molecule has 1 aromatic rings. The first kappa shape index (κ1) is 10.1. The second-order valence-electron chi connectivity index (χ2n) is 2.07. The molecule has 1 rings (SSSR count). The number of rotatable bonds is 2. The van der Waals surface area contributed by atoms with Crippen molar-refractivity contribution in [2.45, 2.75) is 6.54 Å². The quantitative estimate of drug-likeness (QED) is 0.684. The lowest BCUT2D eigenvalue weighted by Gasteiger charge is -1.94. The fourth-order valence-electron chi connectivity index (χ4n) is 0.793. The molecule has 3 heteroatoms. The molecule has 0 radical (unpaired) electrons. The van der Waals surface area contributed by atoms with Crippen LogP contribution >= 0.6 is 12.4 Å². The largest absolute Gasteiger partial charge is 0.326 e. The van der Waals surface area contributed by atoms with Crippen molar-refractivity contribution in [3.8, 4) is 0 Å². The van der Waals surface area contributed by atoms with E-state index >= 15 is 0 Å². The molecule has 0 aliphatic heterocycles. The summed E-state index contributed by atoms with van der Waals surface area (Å²) in [4.78, 5) is 10.2. The van der Waals surface area contributed by atoms with Crippen LogP contribution in [0.15, 0.2) is 24.3 Å². The Morgan fingerprint density at radius 1 is 1.45 bits per heavy atom. The average Bonchev–Trinajstić information content (AvgIpc) is 2.05. The van der Waals surface area contributed by atoms with Crippen molar-refractivity contribution in [3.05, 3.63) is 35.4 Å². The molecule has 60 valence electrons. The highest BCUT2D eigenvalue weighted by molar-refractivity contribution is 5.85. The maximum atomic E-state index is 10.2. The summed E-state index contributed by atoms with van der Waals surface area (Å²) in [6.45, 7) is 0.488. The average molecular weight is 172 g/mol. The van der Waals surface area contributed by atoms with Gasteiger partial charge in [-0.15, -0.1) is 12.4 Å². The molecular weight excluding hydrogens is 162 g/mol. The third-order valence-electron chi connectivity index (χ3n) is 1.32. The topological polar surface area (TPSA) is 43.1 Å². The molecule has 0 aromatic heterocycles. The minimum atomic E-state index is 0. The Labute approximate surface area is 71.8 Å². The van der Waals surface area contributed by atoms with E-state index in [-0.39, 0.29) is 12.4 Å². The predicted octanol–water partition coefficient (Wildman–Crippen LogP) is 1.38. The van der Waals surface area contributed by atoms with Crippen LogP contribution in [0.5, 0.6) is 0 Å². The molecule has 0 aliphatic carbocycles. The minimum absolute atomic E-state index is 0. The summed E-state index contributed by atoms with van der Waals surface area (Å²) in [5, 5.41) is 0. The fourth-order valence-corrected chi connectivity index (χ4v) is 0.793. The van der Waals surface area contributed by atoms with Crippen LogP contribution in [-0.4, -0.2) is 6.29 Å². The normalized spacial score (nSPS) is 8.45. The van der Waals surface area contributed by atoms with E-state index in [0.717, 1.165) is 11.8 Å². The van der Waals surface area contributed by atoms with Gasteiger partial charge in [0, 0.05) is 12.1 Å². The summed E-state index contributed by atoms with van der Waals surface area (Å²) in [6.07, 6.45) is 0.819. The van der Waals surface area contributed by atoms with E-state index in [9.17, 15) is 4.79 Å². The van der Waals surface area contributed by atoms with Gasteiger partial charge in [0.05, 0.1) is 0 Å². The van der Waals surface area contributed by atoms with E-state index in [1.807, 2.05) is 12.1 Å². The third-order valence-corrected chi connectivity index (χ3v) is 1.32. The van der Waals surface area contributed by atoms with Gasteiger partial charge < -0.3 is 5.73 Å². The lowest BCUT2D eigenvalue weighted by Crippen LogP contribution is -1.96. The number of hydrogen-bond donors (Lipinski definition) is 1. The van der Waals surface area contributed by atoms with Crippen molar-refractivity contribution in [1.82, 2.24) is 0 Å². The van der Waals surface area contributed by atoms with E-state index in [4.69, 9.17) is 5.73 Å². The third kappa shape index (κ3) is 2.70. The highest BCUT2D eigenvalue weighted by Crippen LogP contribution is 2.00. The van der Waals surface area contributed by atoms with Gasteiger partial charge in [0.2, 0.25) is 0 Å². The zero-order valence-corrected chi connectivity index (χ0v) is 6.80. The van der Waals surface area contributed by atoms with E-state index in [1.165, 1.54) is 0 Å². The predicted molar refractivity (Wildman–Crippen MR) is 47.0 cm³/mol. The van der Waals surface area contributed by atoms with Crippen LogP contribution in [0.25, 0.3) is 0 Å². The van der Waals surface area contributed by atoms with Crippen LogP contribution in [0.1, 0.15) is 15.9 Å². The van der Waals surface area contributed by atoms with Crippen LogP contribution in [0.4, 0.5) is 0 Å². The molecule has 0 aliphatic rings. The van der Waals surface area contributed by atoms with Gasteiger partial charge in [-0.05, 0) is 11.6 Å². The van der Waals surface area contributed by atoms with Gasteiger partial charge in [-0.1, -0.05) is 18.2 Å². The van der Waals surface area contributed by atoms with Crippen molar-refractivity contribution in [1.29, 1.82) is 0 Å². The molecule has 0 spiro atoms. The summed E-state index contributed by atoms with van der Waals surface area (Å²) >= 11 is 0. The minimum Gasteiger partial charge on any atom is -0.326 e. The van der Waals surface area contributed by atoms with E-state index in [0.29, 0.717) is 12.1 Å². The summed E-state index contributed by atoms with van der Waals surface area (Å²) in [7, 11) is 0. The van der Waals surface area contributed by atoms with Crippen LogP contribution in [0, 0.1) is 0 Å². The number of aldehydes is 1. The van der Waals surface area contributed by atoms with Crippen molar-refractivity contribution in [3.63, 3.8) is 0 Å². The molecule has 0 fully saturated rings. The first-order valence-corrected chi connectivity index (χ1v) is 3.11. The first-order chi connectivity index (χ1) is 4.86. The van der Waals surface area contributed by atoms with Crippen molar-refractivity contribution >= 4 is 18.7 Å². The van der Waals surface area contributed by atoms with E-state index in [1.54, 1.807) is 12.1 Å². The Morgan fingerprint density at radius 3 is 2.73 bits per heavy atom. The number of halogens is 1. The Hall–Kier alpha value is -0.860. The molecule has 0 unspecified atom stereocenters. The Kier molecular flexibility index (Phi) is 4.50. The van der Waals surface area contributed by atoms with Crippen LogP contribution in [0.2, 0.25) is 0 Å². The number of benzene rings is 1. The highest BCUT2D eigenvalue weighted by atomic mass is 35.5. The maximum Gasteiger partial charge on any atom is 0.150 e. The smallest absolute Gasteiger partial charge is 0.150 e. The summed E-state index contributed by atoms with van der Waals surface area (Å²) in [5.41, 5.74) is 7.03. The molecule has 2 nitrogen and oxygen atoms in total. The molecule has 1 aromatic carbocycles. The van der Waals surface area contributed by atoms with Gasteiger partial charge in [-0.25, -0.2) is 0 Å². The van der Waals surface area contributed by atoms with E-state index < -0.39 is 0 Å². The Morgan fingerprint density at radius 2 is 2.18 bits per heavy atom. The molecule has 2 N–H and O–H groups in total. The van der Waals surface area contributed by atoms with Gasteiger partial charge >= 0.3 is 0 Å². The monoisotopic (exact) mass is 171 g/mol. The lowest BCUT2D eigenvalue weighted by molar-refractivity contribution is 0.112. The maximum absolute atomic E-state index is 10.2. The van der Waals surface area contributed by atoms with E-state index in [2.05, 4.69) is 0 Å². The first-order valence-electron chi connectivity index (χ1n) is 3.11. The van der Waals surface area contributed by atoms with Crippen LogP contribution < -0.4 is 5.73 Å². The summed E-state index contributed by atoms with van der Waals surface area (Å²) < 4.78 is 0. The Balaban J connectivity index is 0.000001000. The standard InChI is InChI=1S/C8H9NO.ClH/c9-5-7-2-1-3-8(4-7)6-10;/h1-4,6H,5,9H2;1H. The molecule has 0 heterocycles. The summed E-state index contributed by atoms with van der Waals surface area (Å²) in [6, 6.07) is 7.26. The SMILES string of the molecule is Cl.NCc1cccc(C=O)c1. The van der Waals surface area contributed by atoms with Gasteiger partial charge in [0.25, 0.3) is 0 Å². The zero-order chi connectivity index (χ0) is 7.40. The van der Waals surface area contributed by atoms with Crippen molar-refractivity contribution in [2.75, 3.05) is 0 Å². The molecule has 11 heavy (non-hydrogen) atoms. The van der Waals surface area contributed by atoms with Gasteiger partial charge in [0.1, 0.15) is 6.29 Å². The second kappa shape index (κ2) is 4.88. The number of nitrogens with two attached hydrogens (primary N) is 1. The molecule has 0 saturated carbocycles. The lowest BCUT2D eigenvalue weighted by atomic mass is 10.1. The van der Waals surface area contributed by atoms with Crippen LogP contribution in [-0.2, 0) is 6.54 Å². The van der Waals surface area contributed by atoms with Gasteiger partial charge in [0.15, 0.2) is 0 Å². The summed E-state index contributed by atoms with van der Waals surface area (Å²) in [5.74, 6) is 0. The molecule has 0 amide bonds. The zero-order valence-electron chi connectivity index (χ0n) is 5.99. The fraction of sp³-hybridized carbons (Fsp3) is 0.125. The van der Waals surface area contributed by atoms with Crippen molar-refractivity contribution < 1.29 is 4.79 Å². The molecule has 0 saturated heterocycles. The van der Waals surface area contributed by atoms with Gasteiger partial charge in [-0.2, -0.15) is 0 Å². The van der Waals surface area contributed by atoms with Crippen LogP contribution in [0.3, 0.4) is 0 Å². The number of carbonyl (C=O) groups excluding carboxylic acids is 1. The molecule has 0 atom stereocenters. The molecule has 0 bridgehead atoms. The number of hydrogen-bond acceptors (Lipinski definition) is 2. The van der Waals surface area contributed by atoms with Crippen molar-refractivity contribution in [2.24, 2.45) is 5.73 Å². The second-order valence-corrected chi connectivity index (χ2v) is 2.07. The van der Waals surface area contributed by atoms with Gasteiger partial charge in [-0.3, -0.25) is 4.79 Å². The molecular formula is C8H10ClNO.